The molecule has 0 amide bonds. The number of sulfonamides is 1. The summed E-state index contributed by atoms with van der Waals surface area (Å²) in [6.07, 6.45) is -0.142. The van der Waals surface area contributed by atoms with Crippen molar-refractivity contribution in [3.8, 4) is 6.07 Å². The SMILES string of the molecule is CC1CN(S(=O)(=O)c2ccc(F)c(C#N)c2)CCC1O. The van der Waals surface area contributed by atoms with Crippen LogP contribution < -0.4 is 0 Å². The molecule has 1 N–H and O–H groups in total. The van der Waals surface area contributed by atoms with Crippen molar-refractivity contribution in [3.63, 3.8) is 0 Å². The normalized spacial score (nSPS) is 24.3. The van der Waals surface area contributed by atoms with Gasteiger partial charge in [0.15, 0.2) is 0 Å². The summed E-state index contributed by atoms with van der Waals surface area (Å²) in [6.45, 7) is 2.20. The van der Waals surface area contributed by atoms with Gasteiger partial charge in [0.25, 0.3) is 0 Å². The molecule has 2 unspecified atom stereocenters. The minimum Gasteiger partial charge on any atom is -0.393 e. The maximum Gasteiger partial charge on any atom is 0.243 e. The van der Waals surface area contributed by atoms with Crippen molar-refractivity contribution in [1.82, 2.24) is 4.31 Å². The molecular formula is C13H15FN2O3S. The Morgan fingerprint density at radius 2 is 2.20 bits per heavy atom. The Morgan fingerprint density at radius 3 is 2.80 bits per heavy atom. The van der Waals surface area contributed by atoms with Gasteiger partial charge in [-0.25, -0.2) is 12.8 Å². The van der Waals surface area contributed by atoms with Gasteiger partial charge in [-0.3, -0.25) is 0 Å². The second-order valence-electron chi connectivity index (χ2n) is 4.95. The molecule has 108 valence electrons. The molecule has 0 bridgehead atoms. The number of benzene rings is 1. The van der Waals surface area contributed by atoms with E-state index in [1.165, 1.54) is 4.31 Å². The van der Waals surface area contributed by atoms with Crippen LogP contribution in [0.2, 0.25) is 0 Å². The van der Waals surface area contributed by atoms with Gasteiger partial charge in [-0.15, -0.1) is 0 Å². The van der Waals surface area contributed by atoms with Gasteiger partial charge < -0.3 is 5.11 Å². The fourth-order valence-electron chi connectivity index (χ4n) is 2.21. The number of hydrogen-bond acceptors (Lipinski definition) is 4. The molecule has 1 aromatic carbocycles. The lowest BCUT2D eigenvalue weighted by atomic mass is 9.99. The summed E-state index contributed by atoms with van der Waals surface area (Å²) in [6, 6.07) is 4.80. The molecule has 0 radical (unpaired) electrons. The van der Waals surface area contributed by atoms with Crippen molar-refractivity contribution in [3.05, 3.63) is 29.6 Å². The number of aliphatic hydroxyl groups excluding tert-OH is 1. The topological polar surface area (TPSA) is 81.4 Å². The number of hydrogen-bond donors (Lipinski definition) is 1. The van der Waals surface area contributed by atoms with Crippen LogP contribution in [0.15, 0.2) is 23.1 Å². The van der Waals surface area contributed by atoms with E-state index in [1.54, 1.807) is 13.0 Å². The highest BCUT2D eigenvalue weighted by Gasteiger charge is 2.32. The van der Waals surface area contributed by atoms with Gasteiger partial charge in [0.1, 0.15) is 11.9 Å². The quantitative estimate of drug-likeness (QED) is 0.886. The fourth-order valence-corrected chi connectivity index (χ4v) is 3.79. The van der Waals surface area contributed by atoms with Crippen LogP contribution in [-0.2, 0) is 10.0 Å². The van der Waals surface area contributed by atoms with Crippen molar-refractivity contribution >= 4 is 10.0 Å². The zero-order valence-corrected chi connectivity index (χ0v) is 11.8. The van der Waals surface area contributed by atoms with Gasteiger partial charge >= 0.3 is 0 Å². The van der Waals surface area contributed by atoms with E-state index in [0.717, 1.165) is 18.2 Å². The Morgan fingerprint density at radius 1 is 1.50 bits per heavy atom. The summed E-state index contributed by atoms with van der Waals surface area (Å²) in [5.41, 5.74) is -0.295. The standard InChI is InChI=1S/C13H15FN2O3S/c1-9-8-16(5-4-13(9)17)20(18,19)11-2-3-12(14)10(6-11)7-15/h2-3,6,9,13,17H,4-5,8H2,1H3. The van der Waals surface area contributed by atoms with E-state index >= 15 is 0 Å². The molecule has 0 aliphatic carbocycles. The van der Waals surface area contributed by atoms with Crippen molar-refractivity contribution in [1.29, 1.82) is 5.26 Å². The molecule has 0 aromatic heterocycles. The summed E-state index contributed by atoms with van der Waals surface area (Å²) < 4.78 is 39.4. The summed E-state index contributed by atoms with van der Waals surface area (Å²) >= 11 is 0. The summed E-state index contributed by atoms with van der Waals surface area (Å²) in [5, 5.41) is 18.4. The fraction of sp³-hybridized carbons (Fsp3) is 0.462. The van der Waals surface area contributed by atoms with E-state index in [2.05, 4.69) is 0 Å². The summed E-state index contributed by atoms with van der Waals surface area (Å²) in [7, 11) is -3.76. The average molecular weight is 298 g/mol. The molecule has 1 aromatic rings. The number of nitrogens with zero attached hydrogens (tertiary/aromatic N) is 2. The summed E-state index contributed by atoms with van der Waals surface area (Å²) in [4.78, 5) is -0.0981. The van der Waals surface area contributed by atoms with Crippen molar-refractivity contribution < 1.29 is 17.9 Å². The van der Waals surface area contributed by atoms with Crippen molar-refractivity contribution in [2.24, 2.45) is 5.92 Å². The maximum absolute atomic E-state index is 13.2. The third-order valence-corrected chi connectivity index (χ3v) is 5.38. The lowest BCUT2D eigenvalue weighted by molar-refractivity contribution is 0.0628. The van der Waals surface area contributed by atoms with Crippen molar-refractivity contribution in [2.75, 3.05) is 13.1 Å². The number of nitriles is 1. The number of rotatable bonds is 2. The van der Waals surface area contributed by atoms with Crippen LogP contribution in [0.25, 0.3) is 0 Å². The first-order chi connectivity index (χ1) is 9.36. The zero-order valence-electron chi connectivity index (χ0n) is 11.0. The van der Waals surface area contributed by atoms with Gasteiger partial charge in [0, 0.05) is 13.1 Å². The van der Waals surface area contributed by atoms with E-state index in [9.17, 15) is 17.9 Å². The monoisotopic (exact) mass is 298 g/mol. The second kappa shape index (κ2) is 5.48. The third-order valence-electron chi connectivity index (χ3n) is 3.52. The molecule has 5 nitrogen and oxygen atoms in total. The lowest BCUT2D eigenvalue weighted by Crippen LogP contribution is -2.44. The molecule has 0 saturated carbocycles. The first-order valence-electron chi connectivity index (χ1n) is 6.24. The molecule has 1 aliphatic rings. The molecule has 1 aliphatic heterocycles. The predicted octanol–water partition coefficient (Wildman–Crippen LogP) is 1.09. The van der Waals surface area contributed by atoms with Gasteiger partial charge in [-0.1, -0.05) is 6.92 Å². The first kappa shape index (κ1) is 14.9. The number of halogens is 1. The van der Waals surface area contributed by atoms with E-state index in [1.807, 2.05) is 0 Å². The molecular weight excluding hydrogens is 283 g/mol. The minimum atomic E-state index is -3.76. The number of piperidine rings is 1. The highest BCUT2D eigenvalue weighted by molar-refractivity contribution is 7.89. The predicted molar refractivity (Wildman–Crippen MR) is 69.7 cm³/mol. The Kier molecular flexibility index (Phi) is 4.09. The Labute approximate surface area is 117 Å². The first-order valence-corrected chi connectivity index (χ1v) is 7.68. The van der Waals surface area contributed by atoms with Gasteiger partial charge in [-0.2, -0.15) is 9.57 Å². The molecule has 2 rings (SSSR count). The molecule has 7 heteroatoms. The van der Waals surface area contributed by atoms with Crippen LogP contribution in [-0.4, -0.2) is 37.0 Å². The van der Waals surface area contributed by atoms with Crippen LogP contribution in [0.5, 0.6) is 0 Å². The Bertz CT molecular complexity index is 654. The molecule has 1 saturated heterocycles. The molecule has 20 heavy (non-hydrogen) atoms. The van der Waals surface area contributed by atoms with Gasteiger partial charge in [-0.05, 0) is 30.5 Å². The Balaban J connectivity index is 2.34. The minimum absolute atomic E-state index is 0.0981. The van der Waals surface area contributed by atoms with Crippen LogP contribution >= 0.6 is 0 Å². The van der Waals surface area contributed by atoms with E-state index < -0.39 is 21.9 Å². The average Bonchev–Trinajstić information content (AvgIpc) is 2.42. The maximum atomic E-state index is 13.2. The molecule has 2 atom stereocenters. The Hall–Kier alpha value is -1.49. The largest absolute Gasteiger partial charge is 0.393 e. The highest BCUT2D eigenvalue weighted by Crippen LogP contribution is 2.24. The molecule has 1 heterocycles. The van der Waals surface area contributed by atoms with E-state index in [4.69, 9.17) is 5.26 Å². The molecule has 1 fully saturated rings. The second-order valence-corrected chi connectivity index (χ2v) is 6.89. The van der Waals surface area contributed by atoms with Crippen LogP contribution in [0.4, 0.5) is 4.39 Å². The highest BCUT2D eigenvalue weighted by atomic mass is 32.2. The smallest absolute Gasteiger partial charge is 0.243 e. The number of aliphatic hydroxyl groups is 1. The lowest BCUT2D eigenvalue weighted by Gasteiger charge is -2.33. The van der Waals surface area contributed by atoms with Crippen LogP contribution in [0.3, 0.4) is 0 Å². The zero-order chi connectivity index (χ0) is 14.9. The molecule has 0 spiro atoms. The van der Waals surface area contributed by atoms with Crippen LogP contribution in [0.1, 0.15) is 18.9 Å². The van der Waals surface area contributed by atoms with Crippen molar-refractivity contribution in [2.45, 2.75) is 24.3 Å². The van der Waals surface area contributed by atoms with Crippen LogP contribution in [0, 0.1) is 23.1 Å². The van der Waals surface area contributed by atoms with Gasteiger partial charge in [0.2, 0.25) is 10.0 Å². The summed E-state index contributed by atoms with van der Waals surface area (Å²) in [5.74, 6) is -0.900. The third kappa shape index (κ3) is 2.68. The van der Waals surface area contributed by atoms with E-state index in [-0.39, 0.29) is 29.5 Å². The van der Waals surface area contributed by atoms with E-state index in [0.29, 0.717) is 6.42 Å². The van der Waals surface area contributed by atoms with Gasteiger partial charge in [0.05, 0.1) is 16.6 Å².